The molecule has 1 amide bonds. The van der Waals surface area contributed by atoms with Gasteiger partial charge in [0, 0.05) is 27.5 Å². The molecule has 0 N–H and O–H groups in total. The van der Waals surface area contributed by atoms with Crippen LogP contribution in [0.3, 0.4) is 0 Å². The highest BCUT2D eigenvalue weighted by Gasteiger charge is 2.36. The van der Waals surface area contributed by atoms with E-state index in [9.17, 15) is 14.9 Å². The molecule has 156 valence electrons. The molecule has 0 spiro atoms. The van der Waals surface area contributed by atoms with Gasteiger partial charge in [-0.25, -0.2) is 4.98 Å². The smallest absolute Gasteiger partial charge is 0.269 e. The number of azo groups is 1. The van der Waals surface area contributed by atoms with Gasteiger partial charge in [0.2, 0.25) is 5.13 Å². The minimum Gasteiger partial charge on any atom is -0.269 e. The highest BCUT2D eigenvalue weighted by Crippen LogP contribution is 2.32. The predicted octanol–water partition coefficient (Wildman–Crippen LogP) is 5.66. The summed E-state index contributed by atoms with van der Waals surface area (Å²) in [6, 6.07) is 10.9. The number of nitrogens with zero attached hydrogens (tertiary/aromatic N) is 6. The van der Waals surface area contributed by atoms with Crippen molar-refractivity contribution in [2.75, 3.05) is 5.01 Å². The van der Waals surface area contributed by atoms with Crippen LogP contribution in [0.4, 0.5) is 16.5 Å². The fourth-order valence-corrected chi connectivity index (χ4v) is 4.02. The molecule has 0 fully saturated rings. The Labute approximate surface area is 189 Å². The normalized spacial score (nSPS) is 16.2. The third kappa shape index (κ3) is 4.28. The van der Waals surface area contributed by atoms with E-state index in [0.717, 1.165) is 10.0 Å². The first kappa shape index (κ1) is 20.9. The molecule has 1 unspecified atom stereocenters. The molecule has 0 saturated heterocycles. The van der Waals surface area contributed by atoms with Crippen LogP contribution >= 0.6 is 27.3 Å². The average Bonchev–Trinajstić information content (AvgIpc) is 3.34. The number of carbonyl (C=O) groups excluding carboxylic acids is 1. The average molecular weight is 499 g/mol. The van der Waals surface area contributed by atoms with Gasteiger partial charge in [-0.15, -0.1) is 11.3 Å². The second-order valence-corrected chi connectivity index (χ2v) is 8.46. The summed E-state index contributed by atoms with van der Waals surface area (Å²) < 4.78 is 0.908. The van der Waals surface area contributed by atoms with Gasteiger partial charge in [-0.3, -0.25) is 14.9 Å². The minimum atomic E-state index is -0.828. The fraction of sp³-hybridized carbons (Fsp3) is 0.150. The Hall–Kier alpha value is -3.31. The molecule has 0 aliphatic carbocycles. The number of hydrogen-bond donors (Lipinski definition) is 0. The van der Waals surface area contributed by atoms with Crippen molar-refractivity contribution in [3.8, 4) is 11.3 Å². The van der Waals surface area contributed by atoms with Crippen LogP contribution in [-0.2, 0) is 4.79 Å². The summed E-state index contributed by atoms with van der Waals surface area (Å²) >= 11 is 4.67. The molecule has 4 rings (SSSR count). The van der Waals surface area contributed by atoms with Crippen LogP contribution in [-0.4, -0.2) is 27.6 Å². The van der Waals surface area contributed by atoms with E-state index in [2.05, 4.69) is 36.2 Å². The van der Waals surface area contributed by atoms with Crippen LogP contribution in [0.15, 0.2) is 67.6 Å². The van der Waals surface area contributed by atoms with Gasteiger partial charge >= 0.3 is 0 Å². The highest BCUT2D eigenvalue weighted by molar-refractivity contribution is 9.10. The molecule has 0 radical (unpaired) electrons. The number of anilines is 1. The molecule has 0 bridgehead atoms. The lowest BCUT2D eigenvalue weighted by Crippen LogP contribution is -2.29. The summed E-state index contributed by atoms with van der Waals surface area (Å²) in [5.74, 6) is -0.354. The largest absolute Gasteiger partial charge is 0.282 e. The van der Waals surface area contributed by atoms with E-state index in [1.807, 2.05) is 25.1 Å². The maximum Gasteiger partial charge on any atom is 0.282 e. The lowest BCUT2D eigenvalue weighted by Gasteiger charge is -2.08. The van der Waals surface area contributed by atoms with E-state index >= 15 is 0 Å². The Bertz CT molecular complexity index is 1260. The van der Waals surface area contributed by atoms with Crippen molar-refractivity contribution >= 4 is 55.4 Å². The van der Waals surface area contributed by atoms with Crippen molar-refractivity contribution in [2.24, 2.45) is 15.3 Å². The van der Waals surface area contributed by atoms with E-state index in [-0.39, 0.29) is 11.6 Å². The van der Waals surface area contributed by atoms with E-state index in [1.165, 1.54) is 28.5 Å². The van der Waals surface area contributed by atoms with E-state index < -0.39 is 11.0 Å². The Kier molecular flexibility index (Phi) is 5.70. The number of carbonyl (C=O) groups is 1. The number of halogens is 1. The molecule has 0 saturated carbocycles. The number of nitro benzene ring substituents is 1. The maximum absolute atomic E-state index is 12.9. The number of rotatable bonds is 5. The fourth-order valence-electron chi connectivity index (χ4n) is 2.87. The first-order valence-corrected chi connectivity index (χ1v) is 10.8. The standard InChI is InChI=1S/C20H15BrN6O3S/c1-11-6-7-14(9-16(11)21)23-24-18-12(2)25-26(19(18)28)20-22-17(10-31-20)13-4-3-5-15(8-13)27(29)30/h3-10,18H,1-2H3. The molecular formula is C20H15BrN6O3S. The summed E-state index contributed by atoms with van der Waals surface area (Å²) in [6.45, 7) is 3.68. The van der Waals surface area contributed by atoms with Crippen LogP contribution in [0.25, 0.3) is 11.3 Å². The summed E-state index contributed by atoms with van der Waals surface area (Å²) in [4.78, 5) is 27.9. The SMILES string of the molecule is CC1=NN(c2nc(-c3cccc([N+](=O)[O-])c3)cs2)C(=O)C1N=Nc1ccc(C)c(Br)c1. The molecule has 2 aromatic carbocycles. The molecule has 1 aliphatic rings. The quantitative estimate of drug-likeness (QED) is 0.256. The van der Waals surface area contributed by atoms with E-state index in [0.29, 0.717) is 27.8 Å². The molecule has 1 aliphatic heterocycles. The van der Waals surface area contributed by atoms with Crippen molar-refractivity contribution in [3.05, 3.63) is 68.0 Å². The van der Waals surface area contributed by atoms with Gasteiger partial charge in [-0.2, -0.15) is 20.3 Å². The number of thiazole rings is 1. The summed E-state index contributed by atoms with van der Waals surface area (Å²) in [7, 11) is 0. The first-order valence-electron chi connectivity index (χ1n) is 9.10. The van der Waals surface area contributed by atoms with Crippen LogP contribution in [0, 0.1) is 17.0 Å². The second kappa shape index (κ2) is 8.44. The van der Waals surface area contributed by atoms with Crippen molar-refractivity contribution in [3.63, 3.8) is 0 Å². The third-order valence-electron chi connectivity index (χ3n) is 4.57. The molecule has 3 aromatic rings. The maximum atomic E-state index is 12.9. The van der Waals surface area contributed by atoms with Gasteiger partial charge < -0.3 is 0 Å². The van der Waals surface area contributed by atoms with E-state index in [4.69, 9.17) is 0 Å². The van der Waals surface area contributed by atoms with Gasteiger partial charge in [0.1, 0.15) is 0 Å². The van der Waals surface area contributed by atoms with Crippen molar-refractivity contribution in [1.82, 2.24) is 4.98 Å². The number of hydrogen-bond acceptors (Lipinski definition) is 8. The predicted molar refractivity (Wildman–Crippen MR) is 122 cm³/mol. The Morgan fingerprint density at radius 2 is 2.03 bits per heavy atom. The molecule has 1 aromatic heterocycles. The number of hydrazone groups is 1. The Morgan fingerprint density at radius 1 is 1.23 bits per heavy atom. The van der Waals surface area contributed by atoms with Crippen molar-refractivity contribution in [2.45, 2.75) is 19.9 Å². The van der Waals surface area contributed by atoms with Crippen LogP contribution < -0.4 is 5.01 Å². The number of aromatic nitrogens is 1. The van der Waals surface area contributed by atoms with Gasteiger partial charge in [-0.05, 0) is 31.5 Å². The Morgan fingerprint density at radius 3 is 2.77 bits per heavy atom. The highest BCUT2D eigenvalue weighted by atomic mass is 79.9. The molecule has 31 heavy (non-hydrogen) atoms. The van der Waals surface area contributed by atoms with E-state index in [1.54, 1.807) is 24.4 Å². The third-order valence-corrected chi connectivity index (χ3v) is 6.24. The zero-order valence-corrected chi connectivity index (χ0v) is 18.8. The lowest BCUT2D eigenvalue weighted by atomic mass is 10.1. The molecular weight excluding hydrogens is 484 g/mol. The summed E-state index contributed by atoms with van der Waals surface area (Å²) in [5.41, 5.74) is 3.29. The monoisotopic (exact) mass is 498 g/mol. The lowest BCUT2D eigenvalue weighted by molar-refractivity contribution is -0.384. The number of non-ortho nitro benzene ring substituents is 1. The molecule has 2 heterocycles. The number of benzene rings is 2. The summed E-state index contributed by atoms with van der Waals surface area (Å²) in [6.07, 6.45) is 0. The number of aryl methyl sites for hydroxylation is 1. The van der Waals surface area contributed by atoms with Gasteiger partial charge in [0.15, 0.2) is 6.04 Å². The van der Waals surface area contributed by atoms with Crippen LogP contribution in [0.2, 0.25) is 0 Å². The molecule has 9 nitrogen and oxygen atoms in total. The zero-order chi connectivity index (χ0) is 22.1. The first-order chi connectivity index (χ1) is 14.8. The van der Waals surface area contributed by atoms with Gasteiger partial charge in [0.05, 0.1) is 22.0 Å². The van der Waals surface area contributed by atoms with Gasteiger partial charge in [0.25, 0.3) is 11.6 Å². The second-order valence-electron chi connectivity index (χ2n) is 6.77. The van der Waals surface area contributed by atoms with Crippen LogP contribution in [0.5, 0.6) is 0 Å². The molecule has 11 heteroatoms. The van der Waals surface area contributed by atoms with Crippen LogP contribution in [0.1, 0.15) is 12.5 Å². The molecule has 1 atom stereocenters. The topological polar surface area (TPSA) is 113 Å². The van der Waals surface area contributed by atoms with Gasteiger partial charge in [-0.1, -0.05) is 34.1 Å². The zero-order valence-electron chi connectivity index (χ0n) is 16.4. The number of amides is 1. The Balaban J connectivity index is 1.55. The van der Waals surface area contributed by atoms with Crippen molar-refractivity contribution < 1.29 is 9.72 Å². The summed E-state index contributed by atoms with van der Waals surface area (Å²) in [5, 5.41) is 27.0. The number of nitro groups is 1. The minimum absolute atomic E-state index is 0.0265. The van der Waals surface area contributed by atoms with Crippen molar-refractivity contribution in [1.29, 1.82) is 0 Å².